The first kappa shape index (κ1) is 32.4. The molecule has 1 radical (unpaired) electrons. The maximum atomic E-state index is 0. The average molecular weight is 145 g/mol. The Balaban J connectivity index is 0. The van der Waals surface area contributed by atoms with Gasteiger partial charge in [0, 0.05) is 34.1 Å². The molecule has 21 valence electrons. The second-order valence-electron chi connectivity index (χ2n) is 0. The van der Waals surface area contributed by atoms with Crippen molar-refractivity contribution in [3.63, 3.8) is 0 Å². The predicted molar refractivity (Wildman–Crippen MR) is 9.09 cm³/mol. The maximum Gasteiger partial charge on any atom is 2.00 e. The summed E-state index contributed by atoms with van der Waals surface area (Å²) in [6.45, 7) is 0. The summed E-state index contributed by atoms with van der Waals surface area (Å²) in [5, 5.41) is 0. The average Bonchev–Trinajstić information content (AvgIpc) is 0. The van der Waals surface area contributed by atoms with E-state index >= 15 is 0 Å². The Labute approximate surface area is 79.6 Å². The van der Waals surface area contributed by atoms with Gasteiger partial charge in [-0.15, -0.1) is 0 Å². The van der Waals surface area contributed by atoms with Gasteiger partial charge in [-0.3, -0.25) is 0 Å². The topological polar surface area (TPSA) is 0 Å². The second-order valence-corrected chi connectivity index (χ2v) is 0. The molecule has 0 bridgehead atoms. The normalized spacial score (nSPS) is 0. The fraction of sp³-hybridized carbons (Fsp3) is 0. The predicted octanol–water partition coefficient (Wildman–Crippen LogP) is -3.04. The van der Waals surface area contributed by atoms with Crippen LogP contribution in [0.3, 0.4) is 0 Å². The minimum Gasteiger partial charge on any atom is -1.00 e. The number of hydrogen-bond acceptors (Lipinski definition) is 0. The van der Waals surface area contributed by atoms with Crippen LogP contribution >= 0.6 is 0 Å². The zero-order valence-corrected chi connectivity index (χ0v) is 6.14. The summed E-state index contributed by atoms with van der Waals surface area (Å²) in [7, 11) is 0. The SMILES string of the molecule is [Fe].[H-].[H-].[H-].[Li+].[Mg+2].[Mn]. The van der Waals surface area contributed by atoms with Crippen molar-refractivity contribution in [2.24, 2.45) is 0 Å². The molecule has 0 amide bonds. The van der Waals surface area contributed by atoms with Crippen LogP contribution in [0, 0.1) is 0 Å². The van der Waals surface area contributed by atoms with Crippen LogP contribution in [0.1, 0.15) is 4.28 Å². The second kappa shape index (κ2) is 18.1. The minimum absolute atomic E-state index is 0. The summed E-state index contributed by atoms with van der Waals surface area (Å²) >= 11 is 0. The van der Waals surface area contributed by atoms with E-state index in [9.17, 15) is 0 Å². The van der Waals surface area contributed by atoms with E-state index < -0.39 is 0 Å². The fourth-order valence-electron chi connectivity index (χ4n) is 0. The zero-order chi connectivity index (χ0) is 0. The summed E-state index contributed by atoms with van der Waals surface area (Å²) in [5.41, 5.74) is 0. The van der Waals surface area contributed by atoms with Crippen molar-refractivity contribution in [1.82, 2.24) is 0 Å². The molecule has 0 aromatic rings. The van der Waals surface area contributed by atoms with Gasteiger partial charge in [0.2, 0.25) is 0 Å². The Hall–Kier alpha value is 2.40. The smallest absolute Gasteiger partial charge is 1.00 e. The minimum atomic E-state index is 0. The van der Waals surface area contributed by atoms with E-state index in [4.69, 9.17) is 0 Å². The van der Waals surface area contributed by atoms with Gasteiger partial charge in [-0.05, 0) is 0 Å². The summed E-state index contributed by atoms with van der Waals surface area (Å²) in [6, 6.07) is 0. The fourth-order valence-corrected chi connectivity index (χ4v) is 0. The molecule has 0 aliphatic heterocycles. The molecule has 0 heterocycles. The van der Waals surface area contributed by atoms with Crippen LogP contribution in [0.2, 0.25) is 0 Å². The van der Waals surface area contributed by atoms with E-state index in [1.165, 1.54) is 0 Å². The van der Waals surface area contributed by atoms with Gasteiger partial charge in [-0.25, -0.2) is 0 Å². The van der Waals surface area contributed by atoms with Crippen molar-refractivity contribution < 1.29 is 57.3 Å². The van der Waals surface area contributed by atoms with Gasteiger partial charge >= 0.3 is 41.9 Å². The molecule has 0 spiro atoms. The summed E-state index contributed by atoms with van der Waals surface area (Å²) in [5.74, 6) is 0. The number of hydrogen-bond donors (Lipinski definition) is 0. The van der Waals surface area contributed by atoms with Crippen LogP contribution in [-0.2, 0) is 34.1 Å². The molecule has 0 saturated heterocycles. The molecule has 0 aliphatic rings. The molecule has 0 fully saturated rings. The molecular weight excluding hydrogens is 142 g/mol. The van der Waals surface area contributed by atoms with Crippen molar-refractivity contribution in [3.05, 3.63) is 0 Å². The third kappa shape index (κ3) is 8.83. The van der Waals surface area contributed by atoms with Gasteiger partial charge in [-0.1, -0.05) is 0 Å². The monoisotopic (exact) mass is 145 g/mol. The molecule has 0 atom stereocenters. The summed E-state index contributed by atoms with van der Waals surface area (Å²) in [4.78, 5) is 0. The Morgan fingerprint density at radius 1 is 1.25 bits per heavy atom. The first-order chi connectivity index (χ1) is 0. The van der Waals surface area contributed by atoms with E-state index in [-0.39, 0.29) is 80.3 Å². The van der Waals surface area contributed by atoms with Gasteiger partial charge in [0.1, 0.15) is 0 Å². The summed E-state index contributed by atoms with van der Waals surface area (Å²) < 4.78 is 0. The van der Waals surface area contributed by atoms with E-state index in [0.29, 0.717) is 0 Å². The molecule has 0 unspecified atom stereocenters. The standard InChI is InChI=1S/Fe.Li.Mg.Mn.3H/q;+1;+2;;3*-1. The van der Waals surface area contributed by atoms with Crippen LogP contribution < -0.4 is 18.9 Å². The van der Waals surface area contributed by atoms with Crippen LogP contribution in [0.4, 0.5) is 0 Å². The third-order valence-electron chi connectivity index (χ3n) is 0. The van der Waals surface area contributed by atoms with Crippen LogP contribution in [0.15, 0.2) is 0 Å². The molecule has 0 saturated carbocycles. The third-order valence-corrected chi connectivity index (χ3v) is 0. The van der Waals surface area contributed by atoms with Crippen molar-refractivity contribution >= 4 is 23.1 Å². The zero-order valence-electron chi connectivity index (χ0n) is 5.44. The Morgan fingerprint density at radius 2 is 1.25 bits per heavy atom. The molecule has 0 N–H and O–H groups in total. The molecular formula is H3FeLiMgMn. The molecule has 0 aromatic heterocycles. The van der Waals surface area contributed by atoms with E-state index in [1.807, 2.05) is 0 Å². The Bertz CT molecular complexity index is 14.9. The van der Waals surface area contributed by atoms with Gasteiger partial charge in [-0.2, -0.15) is 0 Å². The van der Waals surface area contributed by atoms with Crippen molar-refractivity contribution in [3.8, 4) is 0 Å². The van der Waals surface area contributed by atoms with Crippen LogP contribution in [0.5, 0.6) is 0 Å². The summed E-state index contributed by atoms with van der Waals surface area (Å²) in [6.07, 6.45) is 0. The number of rotatable bonds is 0. The first-order valence-electron chi connectivity index (χ1n) is 0. The molecule has 0 aliphatic carbocycles. The largest absolute Gasteiger partial charge is 2.00 e. The van der Waals surface area contributed by atoms with Gasteiger partial charge in [0.25, 0.3) is 0 Å². The molecule has 4 heavy (non-hydrogen) atoms. The van der Waals surface area contributed by atoms with E-state index in [1.54, 1.807) is 0 Å². The molecule has 0 rings (SSSR count). The molecule has 0 aromatic carbocycles. The van der Waals surface area contributed by atoms with Crippen LogP contribution in [-0.4, -0.2) is 23.1 Å². The maximum absolute atomic E-state index is 0. The van der Waals surface area contributed by atoms with Crippen molar-refractivity contribution in [2.45, 2.75) is 0 Å². The van der Waals surface area contributed by atoms with Crippen molar-refractivity contribution in [2.75, 3.05) is 0 Å². The van der Waals surface area contributed by atoms with Crippen molar-refractivity contribution in [1.29, 1.82) is 0 Å². The Morgan fingerprint density at radius 3 is 1.25 bits per heavy atom. The quantitative estimate of drug-likeness (QED) is 0.318. The van der Waals surface area contributed by atoms with E-state index in [0.717, 1.165) is 0 Å². The Kier molecular flexibility index (Phi) is 147. The molecule has 0 nitrogen and oxygen atoms in total. The first-order valence-corrected chi connectivity index (χ1v) is 0. The van der Waals surface area contributed by atoms with Crippen LogP contribution in [0.25, 0.3) is 0 Å². The van der Waals surface area contributed by atoms with E-state index in [2.05, 4.69) is 0 Å². The molecule has 4 heteroatoms. The van der Waals surface area contributed by atoms with Gasteiger partial charge in [0.05, 0.1) is 0 Å². The van der Waals surface area contributed by atoms with Gasteiger partial charge < -0.3 is 4.28 Å². The van der Waals surface area contributed by atoms with Gasteiger partial charge in [0.15, 0.2) is 0 Å².